The van der Waals surface area contributed by atoms with Crippen LogP contribution < -0.4 is 27.8 Å². The molecule has 5 amide bonds. The van der Waals surface area contributed by atoms with E-state index in [1.165, 1.54) is 4.90 Å². The number of likely N-dealkylation sites (tertiary alicyclic amines) is 1. The summed E-state index contributed by atoms with van der Waals surface area (Å²) in [7, 11) is 0. The van der Waals surface area contributed by atoms with Crippen molar-refractivity contribution >= 4 is 35.5 Å². The van der Waals surface area contributed by atoms with Crippen LogP contribution in [0.25, 0.3) is 0 Å². The number of amides is 5. The van der Waals surface area contributed by atoms with Crippen molar-refractivity contribution in [3.63, 3.8) is 0 Å². The highest BCUT2D eigenvalue weighted by atomic mass is 16.4. The predicted octanol–water partition coefficient (Wildman–Crippen LogP) is -2.26. The van der Waals surface area contributed by atoms with Crippen molar-refractivity contribution in [2.45, 2.75) is 62.7 Å². The van der Waals surface area contributed by atoms with Gasteiger partial charge in [-0.2, -0.15) is 0 Å². The third-order valence-corrected chi connectivity index (χ3v) is 5.79. The molecule has 13 heteroatoms. The van der Waals surface area contributed by atoms with E-state index in [1.807, 2.05) is 0 Å². The Morgan fingerprint density at radius 2 is 1.67 bits per heavy atom. The number of rotatable bonds is 13. The molecule has 1 aromatic rings. The van der Waals surface area contributed by atoms with E-state index in [9.17, 15) is 33.9 Å². The van der Waals surface area contributed by atoms with Crippen molar-refractivity contribution in [2.24, 2.45) is 17.2 Å². The van der Waals surface area contributed by atoms with Crippen molar-refractivity contribution < 1.29 is 33.9 Å². The van der Waals surface area contributed by atoms with Crippen LogP contribution in [0.4, 0.5) is 0 Å². The lowest BCUT2D eigenvalue weighted by molar-refractivity contribution is -0.143. The number of carboxylic acid groups (broad SMARTS) is 1. The first-order valence-corrected chi connectivity index (χ1v) is 11.5. The molecule has 36 heavy (non-hydrogen) atoms. The van der Waals surface area contributed by atoms with Gasteiger partial charge in [0.25, 0.3) is 0 Å². The quantitative estimate of drug-likeness (QED) is 0.171. The first-order chi connectivity index (χ1) is 17.0. The average molecular weight is 505 g/mol. The number of carboxylic acids is 1. The molecule has 0 saturated carbocycles. The fraction of sp³-hybridized carbons (Fsp3) is 0.478. The Hall–Kier alpha value is -4.00. The third-order valence-electron chi connectivity index (χ3n) is 5.79. The number of benzene rings is 1. The van der Waals surface area contributed by atoms with Gasteiger partial charge in [-0.1, -0.05) is 30.3 Å². The Bertz CT molecular complexity index is 986. The monoisotopic (exact) mass is 504 g/mol. The molecule has 1 aliphatic heterocycles. The van der Waals surface area contributed by atoms with E-state index in [2.05, 4.69) is 10.6 Å². The smallest absolute Gasteiger partial charge is 0.326 e. The van der Waals surface area contributed by atoms with E-state index in [-0.39, 0.29) is 38.6 Å². The molecule has 0 aromatic heterocycles. The Morgan fingerprint density at radius 1 is 1.00 bits per heavy atom. The lowest BCUT2D eigenvalue weighted by atomic mass is 10.0. The summed E-state index contributed by atoms with van der Waals surface area (Å²) in [6, 6.07) is 3.92. The van der Waals surface area contributed by atoms with Crippen LogP contribution in [-0.2, 0) is 35.2 Å². The molecule has 13 nitrogen and oxygen atoms in total. The number of carbonyl (C=O) groups excluding carboxylic acids is 5. The number of hydrogen-bond acceptors (Lipinski definition) is 7. The van der Waals surface area contributed by atoms with Crippen LogP contribution >= 0.6 is 0 Å². The minimum absolute atomic E-state index is 0.00105. The minimum Gasteiger partial charge on any atom is -0.480 e. The topological polar surface area (TPSA) is 228 Å². The largest absolute Gasteiger partial charge is 0.480 e. The van der Waals surface area contributed by atoms with E-state index in [4.69, 9.17) is 17.2 Å². The second-order valence-electron chi connectivity index (χ2n) is 8.62. The molecular formula is C23H32N6O7. The van der Waals surface area contributed by atoms with Crippen LogP contribution in [0.2, 0.25) is 0 Å². The molecule has 0 bridgehead atoms. The zero-order chi connectivity index (χ0) is 26.8. The van der Waals surface area contributed by atoms with Gasteiger partial charge in [0.2, 0.25) is 29.5 Å². The standard InChI is InChI=1S/C23H32N6O7/c24-14(12-19(26)31)22(34)29-10-4-7-17(29)21(33)27-15(8-9-18(25)30)20(32)28-16(23(35)36)11-13-5-2-1-3-6-13/h1-3,5-6,14-17H,4,7-12,24H2,(H2,25,30)(H2,26,31)(H,27,33)(H,28,32)(H,35,36). The minimum atomic E-state index is -1.29. The van der Waals surface area contributed by atoms with Gasteiger partial charge in [0.15, 0.2) is 0 Å². The van der Waals surface area contributed by atoms with Crippen LogP contribution in [0.15, 0.2) is 30.3 Å². The summed E-state index contributed by atoms with van der Waals surface area (Å²) >= 11 is 0. The van der Waals surface area contributed by atoms with Crippen molar-refractivity contribution in [2.75, 3.05) is 6.54 Å². The number of hydrogen-bond donors (Lipinski definition) is 6. The lowest BCUT2D eigenvalue weighted by Crippen LogP contribution is -2.57. The summed E-state index contributed by atoms with van der Waals surface area (Å²) in [5.41, 5.74) is 16.7. The molecule has 1 fully saturated rings. The van der Waals surface area contributed by atoms with Crippen LogP contribution in [0.1, 0.15) is 37.7 Å². The molecule has 9 N–H and O–H groups in total. The molecule has 1 saturated heterocycles. The first-order valence-electron chi connectivity index (χ1n) is 11.5. The van der Waals surface area contributed by atoms with Gasteiger partial charge in [0, 0.05) is 19.4 Å². The van der Waals surface area contributed by atoms with Crippen molar-refractivity contribution in [3.8, 4) is 0 Å². The Kier molecular flexibility index (Phi) is 10.3. The normalized spacial score (nSPS) is 17.5. The van der Waals surface area contributed by atoms with E-state index in [0.29, 0.717) is 12.0 Å². The van der Waals surface area contributed by atoms with Crippen molar-refractivity contribution in [3.05, 3.63) is 35.9 Å². The number of nitrogens with zero attached hydrogens (tertiary/aromatic N) is 1. The Balaban J connectivity index is 2.13. The zero-order valence-corrected chi connectivity index (χ0v) is 19.7. The van der Waals surface area contributed by atoms with Gasteiger partial charge in [0.05, 0.1) is 12.5 Å². The Labute approximate surface area is 207 Å². The Morgan fingerprint density at radius 3 is 2.25 bits per heavy atom. The maximum Gasteiger partial charge on any atom is 0.326 e. The summed E-state index contributed by atoms with van der Waals surface area (Å²) in [6.07, 6.45) is -0.0232. The number of nitrogens with two attached hydrogens (primary N) is 3. The van der Waals surface area contributed by atoms with Crippen LogP contribution in [0, 0.1) is 0 Å². The van der Waals surface area contributed by atoms with Gasteiger partial charge in [-0.15, -0.1) is 0 Å². The van der Waals surface area contributed by atoms with E-state index >= 15 is 0 Å². The molecule has 1 aliphatic rings. The predicted molar refractivity (Wildman–Crippen MR) is 127 cm³/mol. The highest BCUT2D eigenvalue weighted by molar-refractivity contribution is 5.95. The van der Waals surface area contributed by atoms with Gasteiger partial charge in [-0.05, 0) is 24.8 Å². The van der Waals surface area contributed by atoms with Crippen LogP contribution in [0.3, 0.4) is 0 Å². The second-order valence-corrected chi connectivity index (χ2v) is 8.62. The van der Waals surface area contributed by atoms with Gasteiger partial charge in [0.1, 0.15) is 18.1 Å². The molecule has 0 radical (unpaired) electrons. The number of primary amides is 2. The van der Waals surface area contributed by atoms with Crippen LogP contribution in [-0.4, -0.2) is 76.2 Å². The highest BCUT2D eigenvalue weighted by Crippen LogP contribution is 2.19. The fourth-order valence-electron chi connectivity index (χ4n) is 3.97. The van der Waals surface area contributed by atoms with Gasteiger partial charge >= 0.3 is 5.97 Å². The molecule has 0 aliphatic carbocycles. The number of nitrogens with one attached hydrogen (secondary N) is 2. The molecular weight excluding hydrogens is 472 g/mol. The SMILES string of the molecule is NC(=O)CCC(NC(=O)C1CCCN1C(=O)C(N)CC(N)=O)C(=O)NC(Cc1ccccc1)C(=O)O. The molecule has 2 rings (SSSR count). The maximum absolute atomic E-state index is 13.0. The molecule has 1 aromatic carbocycles. The fourth-order valence-corrected chi connectivity index (χ4v) is 3.97. The molecule has 196 valence electrons. The molecule has 4 unspecified atom stereocenters. The first kappa shape index (κ1) is 28.2. The summed E-state index contributed by atoms with van der Waals surface area (Å²) in [5.74, 6) is -4.86. The van der Waals surface area contributed by atoms with Crippen molar-refractivity contribution in [1.82, 2.24) is 15.5 Å². The number of aliphatic carboxylic acids is 1. The highest BCUT2D eigenvalue weighted by Gasteiger charge is 2.38. The molecule has 4 atom stereocenters. The summed E-state index contributed by atoms with van der Waals surface area (Å²) in [4.78, 5) is 74.0. The third kappa shape index (κ3) is 8.34. The summed E-state index contributed by atoms with van der Waals surface area (Å²) in [5, 5.41) is 14.5. The molecule has 1 heterocycles. The van der Waals surface area contributed by atoms with Crippen LogP contribution in [0.5, 0.6) is 0 Å². The summed E-state index contributed by atoms with van der Waals surface area (Å²) in [6.45, 7) is 0.222. The van der Waals surface area contributed by atoms with E-state index in [0.717, 1.165) is 0 Å². The van der Waals surface area contributed by atoms with Gasteiger partial charge in [-0.3, -0.25) is 24.0 Å². The van der Waals surface area contributed by atoms with Crippen molar-refractivity contribution in [1.29, 1.82) is 0 Å². The second kappa shape index (κ2) is 13.2. The molecule has 0 spiro atoms. The number of carbonyl (C=O) groups is 6. The van der Waals surface area contributed by atoms with Gasteiger partial charge in [-0.25, -0.2) is 4.79 Å². The zero-order valence-electron chi connectivity index (χ0n) is 19.7. The summed E-state index contributed by atoms with van der Waals surface area (Å²) < 4.78 is 0. The average Bonchev–Trinajstić information content (AvgIpc) is 3.30. The van der Waals surface area contributed by atoms with E-state index in [1.54, 1.807) is 30.3 Å². The lowest BCUT2D eigenvalue weighted by Gasteiger charge is -2.28. The van der Waals surface area contributed by atoms with E-state index < -0.39 is 59.7 Å². The van der Waals surface area contributed by atoms with Gasteiger partial charge < -0.3 is 37.8 Å². The maximum atomic E-state index is 13.0.